The second-order valence-corrected chi connectivity index (χ2v) is 2.45. The summed E-state index contributed by atoms with van der Waals surface area (Å²) in [5.41, 5.74) is 1.19. The average Bonchev–Trinajstić information content (AvgIpc) is 2.05. The van der Waals surface area contributed by atoms with Crippen LogP contribution in [0.25, 0.3) is 0 Å². The van der Waals surface area contributed by atoms with Crippen LogP contribution in [-0.2, 0) is 0 Å². The summed E-state index contributed by atoms with van der Waals surface area (Å²) in [6, 6.07) is 3.94. The van der Waals surface area contributed by atoms with Crippen LogP contribution in [0.5, 0.6) is 0 Å². The molecule has 1 aromatic heterocycles. The van der Waals surface area contributed by atoms with Crippen LogP contribution < -0.4 is 4.90 Å². The molecule has 0 aromatic carbocycles. The van der Waals surface area contributed by atoms with Crippen molar-refractivity contribution in [1.82, 2.24) is 4.98 Å². The predicted molar refractivity (Wildman–Crippen MR) is 51.0 cm³/mol. The van der Waals surface area contributed by atoms with Crippen LogP contribution in [0.4, 0.5) is 5.69 Å². The van der Waals surface area contributed by atoms with E-state index < -0.39 is 7.32 Å². The summed E-state index contributed by atoms with van der Waals surface area (Å²) < 4.78 is 0. The number of nitrogens with zero attached hydrogens (tertiary/aromatic N) is 2. The predicted octanol–water partition coefficient (Wildman–Crippen LogP) is -0.904. The molecule has 0 radical (unpaired) electrons. The third kappa shape index (κ3) is 7.26. The minimum atomic E-state index is -2.17. The van der Waals surface area contributed by atoms with Gasteiger partial charge < -0.3 is 20.0 Å². The summed E-state index contributed by atoms with van der Waals surface area (Å²) in [7, 11) is 1.85. The van der Waals surface area contributed by atoms with Crippen LogP contribution in [0.2, 0.25) is 0 Å². The van der Waals surface area contributed by atoms with Crippen molar-refractivity contribution in [1.29, 1.82) is 0 Å². The van der Waals surface area contributed by atoms with Gasteiger partial charge in [-0.3, -0.25) is 4.98 Å². The Morgan fingerprint density at radius 3 is 1.77 bits per heavy atom. The van der Waals surface area contributed by atoms with Crippen molar-refractivity contribution >= 4 is 13.0 Å². The van der Waals surface area contributed by atoms with Gasteiger partial charge in [-0.15, -0.1) is 0 Å². The summed E-state index contributed by atoms with van der Waals surface area (Å²) in [5.74, 6) is 0. The molecule has 13 heavy (non-hydrogen) atoms. The first-order valence-corrected chi connectivity index (χ1v) is 3.65. The molecule has 72 valence electrons. The molecule has 0 fully saturated rings. The van der Waals surface area contributed by atoms with Crippen molar-refractivity contribution in [3.63, 3.8) is 0 Å². The fourth-order valence-corrected chi connectivity index (χ4v) is 0.642. The smallest absolute Gasteiger partial charge is 0.402 e. The minimum Gasteiger partial charge on any atom is -0.402 e. The van der Waals surface area contributed by atoms with Crippen LogP contribution in [0, 0.1) is 0 Å². The molecular weight excluding hydrogens is 171 g/mol. The molecule has 0 bridgehead atoms. The van der Waals surface area contributed by atoms with Crippen LogP contribution in [-0.4, -0.2) is 41.5 Å². The van der Waals surface area contributed by atoms with Crippen molar-refractivity contribution in [2.75, 3.05) is 19.0 Å². The van der Waals surface area contributed by atoms with Gasteiger partial charge in [-0.05, 0) is 12.1 Å². The molecule has 0 unspecified atom stereocenters. The van der Waals surface area contributed by atoms with Gasteiger partial charge in [0.1, 0.15) is 0 Å². The lowest BCUT2D eigenvalue weighted by molar-refractivity contribution is 0.278. The van der Waals surface area contributed by atoms with E-state index in [4.69, 9.17) is 15.1 Å². The van der Waals surface area contributed by atoms with Crippen LogP contribution in [0.15, 0.2) is 24.5 Å². The lowest BCUT2D eigenvalue weighted by Gasteiger charge is -2.10. The highest BCUT2D eigenvalue weighted by atomic mass is 16.5. The first-order valence-electron chi connectivity index (χ1n) is 3.65. The van der Waals surface area contributed by atoms with Gasteiger partial charge in [-0.2, -0.15) is 0 Å². The number of rotatable bonds is 1. The molecule has 0 amide bonds. The van der Waals surface area contributed by atoms with Gasteiger partial charge >= 0.3 is 7.32 Å². The Kier molecular flexibility index (Phi) is 5.87. The number of anilines is 1. The minimum absolute atomic E-state index is 1.19. The van der Waals surface area contributed by atoms with Crippen LogP contribution >= 0.6 is 0 Å². The van der Waals surface area contributed by atoms with E-state index in [2.05, 4.69) is 4.98 Å². The highest BCUT2D eigenvalue weighted by molar-refractivity contribution is 6.30. The fourth-order valence-electron chi connectivity index (χ4n) is 0.642. The maximum atomic E-state index is 7.17. The molecule has 0 saturated heterocycles. The van der Waals surface area contributed by atoms with Gasteiger partial charge in [0, 0.05) is 32.2 Å². The molecule has 1 rings (SSSR count). The molecule has 0 spiro atoms. The third-order valence-electron chi connectivity index (χ3n) is 1.18. The zero-order valence-electron chi connectivity index (χ0n) is 7.62. The zero-order chi connectivity index (χ0) is 10.3. The molecule has 5 nitrogen and oxygen atoms in total. The fraction of sp³-hybridized carbons (Fsp3) is 0.286. The van der Waals surface area contributed by atoms with E-state index in [1.807, 2.05) is 31.1 Å². The van der Waals surface area contributed by atoms with E-state index >= 15 is 0 Å². The molecular formula is C7H13BN2O3. The molecule has 0 aliphatic rings. The van der Waals surface area contributed by atoms with Gasteiger partial charge in [0.25, 0.3) is 0 Å². The van der Waals surface area contributed by atoms with E-state index in [1.54, 1.807) is 12.4 Å². The zero-order valence-corrected chi connectivity index (χ0v) is 7.62. The molecule has 0 aliphatic carbocycles. The molecule has 3 N–H and O–H groups in total. The van der Waals surface area contributed by atoms with Crippen LogP contribution in [0.1, 0.15) is 0 Å². The largest absolute Gasteiger partial charge is 0.631 e. The van der Waals surface area contributed by atoms with E-state index in [9.17, 15) is 0 Å². The van der Waals surface area contributed by atoms with Gasteiger partial charge in [0.15, 0.2) is 0 Å². The summed E-state index contributed by atoms with van der Waals surface area (Å²) in [5, 5.41) is 21.5. The van der Waals surface area contributed by atoms with E-state index in [1.165, 1.54) is 5.69 Å². The average molecular weight is 184 g/mol. The second-order valence-electron chi connectivity index (χ2n) is 2.45. The monoisotopic (exact) mass is 184 g/mol. The third-order valence-corrected chi connectivity index (χ3v) is 1.18. The Balaban J connectivity index is 0.000000310. The van der Waals surface area contributed by atoms with Gasteiger partial charge in [-0.25, -0.2) is 0 Å². The van der Waals surface area contributed by atoms with Crippen molar-refractivity contribution in [2.24, 2.45) is 0 Å². The second kappa shape index (κ2) is 6.42. The highest BCUT2D eigenvalue weighted by Gasteiger charge is 1.92. The molecule has 1 heterocycles. The van der Waals surface area contributed by atoms with Gasteiger partial charge in [-0.1, -0.05) is 0 Å². The Labute approximate surface area is 77.5 Å². The topological polar surface area (TPSA) is 76.8 Å². The van der Waals surface area contributed by atoms with E-state index in [0.717, 1.165) is 0 Å². The molecule has 0 atom stereocenters. The standard InChI is InChI=1S/C7H10N2.BH3O3/c1-9(2)7-3-5-8-6-4-7;2-1(3)4/h3-6H,1-2H3;2-4H. The Morgan fingerprint density at radius 2 is 1.54 bits per heavy atom. The normalized spacial score (nSPS) is 8.38. The molecule has 1 aromatic rings. The maximum absolute atomic E-state index is 7.17. The summed E-state index contributed by atoms with van der Waals surface area (Å²) in [4.78, 5) is 5.94. The lowest BCUT2D eigenvalue weighted by atomic mass is 10.3. The van der Waals surface area contributed by atoms with Gasteiger partial charge in [0.05, 0.1) is 0 Å². The Hall–Kier alpha value is -1.11. The van der Waals surface area contributed by atoms with Crippen molar-refractivity contribution in [3.05, 3.63) is 24.5 Å². The number of hydrogen-bond donors (Lipinski definition) is 3. The Morgan fingerprint density at radius 1 is 1.15 bits per heavy atom. The maximum Gasteiger partial charge on any atom is 0.631 e. The Bertz CT molecular complexity index is 215. The molecule has 6 heteroatoms. The summed E-state index contributed by atoms with van der Waals surface area (Å²) in [6.07, 6.45) is 3.57. The first kappa shape index (κ1) is 11.9. The summed E-state index contributed by atoms with van der Waals surface area (Å²) in [6.45, 7) is 0. The van der Waals surface area contributed by atoms with Gasteiger partial charge in [0.2, 0.25) is 0 Å². The summed E-state index contributed by atoms with van der Waals surface area (Å²) >= 11 is 0. The number of pyridine rings is 1. The first-order chi connectivity index (χ1) is 6.04. The van der Waals surface area contributed by atoms with Crippen molar-refractivity contribution in [3.8, 4) is 0 Å². The number of aromatic nitrogens is 1. The highest BCUT2D eigenvalue weighted by Crippen LogP contribution is 2.05. The molecule has 0 aliphatic heterocycles. The van der Waals surface area contributed by atoms with E-state index in [-0.39, 0.29) is 0 Å². The van der Waals surface area contributed by atoms with Crippen molar-refractivity contribution in [2.45, 2.75) is 0 Å². The van der Waals surface area contributed by atoms with Crippen molar-refractivity contribution < 1.29 is 15.1 Å². The van der Waals surface area contributed by atoms with Crippen LogP contribution in [0.3, 0.4) is 0 Å². The SMILES string of the molecule is CN(C)c1ccncc1.OB(O)O. The quantitative estimate of drug-likeness (QED) is 0.493. The lowest BCUT2D eigenvalue weighted by Crippen LogP contribution is -2.07. The number of hydrogen-bond acceptors (Lipinski definition) is 5. The molecule has 0 saturated carbocycles. The van der Waals surface area contributed by atoms with E-state index in [0.29, 0.717) is 0 Å².